The summed E-state index contributed by atoms with van der Waals surface area (Å²) < 4.78 is 6.12. The number of methoxy groups -OCH3 is 1. The third-order valence-corrected chi connectivity index (χ3v) is 5.23. The van der Waals surface area contributed by atoms with Gasteiger partial charge in [0, 0.05) is 25.2 Å². The molecule has 1 heterocycles. The van der Waals surface area contributed by atoms with Crippen LogP contribution in [0.5, 0.6) is 5.75 Å². The Morgan fingerprint density at radius 1 is 1.41 bits per heavy atom. The lowest BCUT2D eigenvalue weighted by Crippen LogP contribution is -2.33. The van der Waals surface area contributed by atoms with E-state index in [1.165, 1.54) is 24.6 Å². The Morgan fingerprint density at radius 2 is 2.09 bits per heavy atom. The van der Waals surface area contributed by atoms with Crippen LogP contribution in [0.2, 0.25) is 0 Å². The van der Waals surface area contributed by atoms with Crippen molar-refractivity contribution >= 4 is 34.2 Å². The van der Waals surface area contributed by atoms with Crippen molar-refractivity contribution in [1.29, 1.82) is 0 Å². The molecule has 2 rings (SSSR count). The highest BCUT2D eigenvalue weighted by atomic mass is 32.2. The van der Waals surface area contributed by atoms with Crippen LogP contribution < -0.4 is 10.1 Å². The van der Waals surface area contributed by atoms with Gasteiger partial charge in [0.25, 0.3) is 0 Å². The largest absolute Gasteiger partial charge is 0.496 e. The molecule has 1 aliphatic rings. The molecule has 6 heteroatoms. The summed E-state index contributed by atoms with van der Waals surface area (Å²) in [5.41, 5.74) is 0.970. The van der Waals surface area contributed by atoms with E-state index < -0.39 is 0 Å². The lowest BCUT2D eigenvalue weighted by molar-refractivity contribution is -0.120. The molecular weight excluding hydrogens is 316 g/mol. The van der Waals surface area contributed by atoms with Gasteiger partial charge in [-0.2, -0.15) is 0 Å². The van der Waals surface area contributed by atoms with Crippen molar-refractivity contribution in [2.75, 3.05) is 20.2 Å². The highest BCUT2D eigenvalue weighted by Crippen LogP contribution is 2.21. The van der Waals surface area contributed by atoms with E-state index in [9.17, 15) is 4.79 Å². The maximum Gasteiger partial charge on any atom is 0.233 e. The number of thiocarbonyl (C=S) groups is 1. The summed E-state index contributed by atoms with van der Waals surface area (Å²) in [5.74, 6) is 0.785. The summed E-state index contributed by atoms with van der Waals surface area (Å²) >= 11 is 6.88. The summed E-state index contributed by atoms with van der Waals surface area (Å²) in [4.78, 5) is 14.4. The van der Waals surface area contributed by atoms with Crippen molar-refractivity contribution in [1.82, 2.24) is 10.2 Å². The molecule has 1 amide bonds. The van der Waals surface area contributed by atoms with Gasteiger partial charge < -0.3 is 15.0 Å². The van der Waals surface area contributed by atoms with Gasteiger partial charge in [-0.1, -0.05) is 42.2 Å². The van der Waals surface area contributed by atoms with Crippen LogP contribution >= 0.6 is 24.0 Å². The van der Waals surface area contributed by atoms with E-state index in [0.29, 0.717) is 6.54 Å². The number of carbonyl (C=O) groups excluding carboxylic acids is 1. The van der Waals surface area contributed by atoms with Crippen LogP contribution in [0.25, 0.3) is 0 Å². The zero-order valence-electron chi connectivity index (χ0n) is 13.0. The van der Waals surface area contributed by atoms with E-state index in [0.717, 1.165) is 28.7 Å². The van der Waals surface area contributed by atoms with Gasteiger partial charge in [0.1, 0.15) is 10.1 Å². The fourth-order valence-electron chi connectivity index (χ4n) is 2.35. The average molecular weight is 338 g/mol. The number of hydrogen-bond donors (Lipinski definition) is 1. The van der Waals surface area contributed by atoms with Gasteiger partial charge in [0.15, 0.2) is 0 Å². The normalized spacial score (nSPS) is 15.5. The van der Waals surface area contributed by atoms with Gasteiger partial charge in [-0.15, -0.1) is 0 Å². The summed E-state index contributed by atoms with van der Waals surface area (Å²) in [6.45, 7) is 4.39. The van der Waals surface area contributed by atoms with Crippen molar-refractivity contribution in [2.45, 2.75) is 31.6 Å². The molecule has 22 heavy (non-hydrogen) atoms. The molecule has 0 aliphatic carbocycles. The zero-order chi connectivity index (χ0) is 15.9. The second kappa shape index (κ2) is 8.39. The van der Waals surface area contributed by atoms with Crippen molar-refractivity contribution in [3.05, 3.63) is 29.8 Å². The number of benzene rings is 1. The van der Waals surface area contributed by atoms with Crippen molar-refractivity contribution < 1.29 is 9.53 Å². The number of para-hydroxylation sites is 1. The Hall–Kier alpha value is -1.27. The summed E-state index contributed by atoms with van der Waals surface area (Å²) in [5, 5.41) is 2.76. The van der Waals surface area contributed by atoms with E-state index in [1.54, 1.807) is 7.11 Å². The molecule has 0 saturated carbocycles. The van der Waals surface area contributed by atoms with E-state index in [1.807, 2.05) is 31.2 Å². The molecule has 0 radical (unpaired) electrons. The van der Waals surface area contributed by atoms with Crippen LogP contribution in [-0.2, 0) is 11.3 Å². The summed E-state index contributed by atoms with van der Waals surface area (Å²) in [6, 6.07) is 7.69. The van der Waals surface area contributed by atoms with Gasteiger partial charge in [-0.3, -0.25) is 4.79 Å². The molecule has 4 nitrogen and oxygen atoms in total. The van der Waals surface area contributed by atoms with Gasteiger partial charge in [-0.05, 0) is 25.8 Å². The Bertz CT molecular complexity index is 531. The van der Waals surface area contributed by atoms with Gasteiger partial charge in [0.05, 0.1) is 12.4 Å². The Kier molecular flexibility index (Phi) is 6.51. The molecule has 1 aliphatic heterocycles. The first-order valence-corrected chi connectivity index (χ1v) is 8.75. The van der Waals surface area contributed by atoms with Gasteiger partial charge in [-0.25, -0.2) is 0 Å². The molecule has 1 atom stereocenters. The minimum absolute atomic E-state index is 0.00236. The maximum absolute atomic E-state index is 12.2. The number of carbonyl (C=O) groups is 1. The zero-order valence-corrected chi connectivity index (χ0v) is 14.6. The first-order valence-electron chi connectivity index (χ1n) is 7.47. The highest BCUT2D eigenvalue weighted by molar-refractivity contribution is 8.23. The Labute approximate surface area is 141 Å². The third-order valence-electron chi connectivity index (χ3n) is 3.66. The van der Waals surface area contributed by atoms with Crippen LogP contribution in [0.3, 0.4) is 0 Å². The standard InChI is InChI=1S/C16H22N2O2S2/c1-12(22-16(21)18-9-5-6-10-18)15(19)17-11-13-7-3-4-8-14(13)20-2/h3-4,7-8,12H,5-6,9-11H2,1-2H3,(H,17,19). The molecule has 120 valence electrons. The number of nitrogens with one attached hydrogen (secondary N) is 1. The number of thioether (sulfide) groups is 1. The molecule has 1 N–H and O–H groups in total. The molecule has 0 spiro atoms. The Balaban J connectivity index is 1.82. The van der Waals surface area contributed by atoms with Crippen LogP contribution in [0.4, 0.5) is 0 Å². The quantitative estimate of drug-likeness (QED) is 0.836. The lowest BCUT2D eigenvalue weighted by Gasteiger charge is -2.20. The van der Waals surface area contributed by atoms with E-state index in [-0.39, 0.29) is 11.2 Å². The predicted molar refractivity (Wildman–Crippen MR) is 95.3 cm³/mol. The number of ether oxygens (including phenoxy) is 1. The van der Waals surface area contributed by atoms with Crippen molar-refractivity contribution in [2.24, 2.45) is 0 Å². The lowest BCUT2D eigenvalue weighted by atomic mass is 10.2. The minimum Gasteiger partial charge on any atom is -0.496 e. The molecule has 1 fully saturated rings. The van der Waals surface area contributed by atoms with Gasteiger partial charge in [0.2, 0.25) is 5.91 Å². The number of hydrogen-bond acceptors (Lipinski definition) is 4. The molecule has 1 aromatic carbocycles. The van der Waals surface area contributed by atoms with Gasteiger partial charge >= 0.3 is 0 Å². The predicted octanol–water partition coefficient (Wildman–Crippen LogP) is 2.81. The smallest absolute Gasteiger partial charge is 0.233 e. The molecule has 0 aromatic heterocycles. The molecule has 0 bridgehead atoms. The molecule has 1 aromatic rings. The molecule has 1 unspecified atom stereocenters. The first-order chi connectivity index (χ1) is 10.6. The monoisotopic (exact) mass is 338 g/mol. The summed E-state index contributed by atoms with van der Waals surface area (Å²) in [7, 11) is 1.63. The number of nitrogens with zero attached hydrogens (tertiary/aromatic N) is 1. The van der Waals surface area contributed by atoms with E-state index in [4.69, 9.17) is 17.0 Å². The number of likely N-dealkylation sites (tertiary alicyclic amines) is 1. The SMILES string of the molecule is COc1ccccc1CNC(=O)C(C)SC(=S)N1CCCC1. The van der Waals surface area contributed by atoms with Crippen LogP contribution in [0.1, 0.15) is 25.3 Å². The molecular formula is C16H22N2O2S2. The summed E-state index contributed by atoms with van der Waals surface area (Å²) in [6.07, 6.45) is 2.38. The number of amides is 1. The fraction of sp³-hybridized carbons (Fsp3) is 0.500. The van der Waals surface area contributed by atoms with E-state index in [2.05, 4.69) is 10.2 Å². The second-order valence-corrected chi connectivity index (χ2v) is 7.22. The third kappa shape index (κ3) is 4.61. The van der Waals surface area contributed by atoms with Crippen LogP contribution in [0, 0.1) is 0 Å². The Morgan fingerprint density at radius 3 is 2.77 bits per heavy atom. The fourth-order valence-corrected chi connectivity index (χ4v) is 3.79. The number of rotatable bonds is 5. The van der Waals surface area contributed by atoms with Crippen molar-refractivity contribution in [3.8, 4) is 5.75 Å². The van der Waals surface area contributed by atoms with Crippen molar-refractivity contribution in [3.63, 3.8) is 0 Å². The maximum atomic E-state index is 12.2. The van der Waals surface area contributed by atoms with Crippen LogP contribution in [0.15, 0.2) is 24.3 Å². The average Bonchev–Trinajstić information content (AvgIpc) is 3.07. The first kappa shape index (κ1) is 17.1. The highest BCUT2D eigenvalue weighted by Gasteiger charge is 2.21. The van der Waals surface area contributed by atoms with Crippen LogP contribution in [-0.4, -0.2) is 40.6 Å². The topological polar surface area (TPSA) is 41.6 Å². The second-order valence-electron chi connectivity index (χ2n) is 5.25. The minimum atomic E-state index is -0.192. The van der Waals surface area contributed by atoms with E-state index >= 15 is 0 Å². The molecule has 1 saturated heterocycles.